The highest BCUT2D eigenvalue weighted by Gasteiger charge is 2.22. The molecule has 0 aromatic heterocycles. The van der Waals surface area contributed by atoms with Crippen LogP contribution in [0.25, 0.3) is 0 Å². The first-order chi connectivity index (χ1) is 11.4. The van der Waals surface area contributed by atoms with Gasteiger partial charge in [-0.15, -0.1) is 0 Å². The van der Waals surface area contributed by atoms with Crippen molar-refractivity contribution in [3.05, 3.63) is 28.2 Å². The Balaban J connectivity index is 2.67. The van der Waals surface area contributed by atoms with E-state index in [4.69, 9.17) is 32.7 Å². The molecule has 0 bridgehead atoms. The molecule has 0 aliphatic heterocycles. The molecule has 8 heteroatoms. The molecular weight excluding hydrogens is 357 g/mol. The summed E-state index contributed by atoms with van der Waals surface area (Å²) in [5, 5.41) is 0.800. The smallest absolute Gasteiger partial charge is 0.310 e. The van der Waals surface area contributed by atoms with Crippen LogP contribution in [0, 0.1) is 5.92 Å². The van der Waals surface area contributed by atoms with Gasteiger partial charge in [-0.25, -0.2) is 0 Å². The van der Waals surface area contributed by atoms with Crippen molar-refractivity contribution in [3.63, 3.8) is 0 Å². The van der Waals surface area contributed by atoms with Gasteiger partial charge in [0.1, 0.15) is 5.75 Å². The Morgan fingerprint density at radius 1 is 1.25 bits per heavy atom. The molecule has 0 heterocycles. The van der Waals surface area contributed by atoms with Gasteiger partial charge >= 0.3 is 5.97 Å². The van der Waals surface area contributed by atoms with Gasteiger partial charge in [-0.05, 0) is 18.2 Å². The number of halogens is 2. The highest BCUT2D eigenvalue weighted by Crippen LogP contribution is 2.27. The maximum atomic E-state index is 12.4. The topological polar surface area (TPSA) is 65.1 Å². The Kier molecular flexibility index (Phi) is 8.89. The second-order valence-corrected chi connectivity index (χ2v) is 5.96. The van der Waals surface area contributed by atoms with Gasteiger partial charge in [0.05, 0.1) is 24.7 Å². The van der Waals surface area contributed by atoms with E-state index in [0.29, 0.717) is 28.9 Å². The summed E-state index contributed by atoms with van der Waals surface area (Å²) in [6, 6.07) is 4.74. The lowest BCUT2D eigenvalue weighted by molar-refractivity contribution is -0.146. The van der Waals surface area contributed by atoms with Crippen molar-refractivity contribution in [3.8, 4) is 5.75 Å². The highest BCUT2D eigenvalue weighted by molar-refractivity contribution is 6.35. The van der Waals surface area contributed by atoms with Crippen LogP contribution in [0.15, 0.2) is 18.2 Å². The first-order valence-electron chi connectivity index (χ1n) is 7.31. The lowest BCUT2D eigenvalue weighted by atomic mass is 10.1. The Bertz CT molecular complexity index is 567. The van der Waals surface area contributed by atoms with E-state index >= 15 is 0 Å². The molecule has 1 atom stereocenters. The predicted octanol–water partition coefficient (Wildman–Crippen LogP) is 2.66. The van der Waals surface area contributed by atoms with Crippen LogP contribution in [0.2, 0.25) is 10.0 Å². The number of carbonyl (C=O) groups excluding carboxylic acids is 2. The van der Waals surface area contributed by atoms with E-state index in [0.717, 1.165) is 0 Å². The summed E-state index contributed by atoms with van der Waals surface area (Å²) in [7, 11) is 2.85. The minimum absolute atomic E-state index is 0.209. The van der Waals surface area contributed by atoms with Crippen molar-refractivity contribution in [2.24, 2.45) is 5.92 Å². The second kappa shape index (κ2) is 10.4. The largest absolute Gasteiger partial charge is 0.482 e. The van der Waals surface area contributed by atoms with E-state index in [1.54, 1.807) is 19.1 Å². The summed E-state index contributed by atoms with van der Waals surface area (Å²) in [5.41, 5.74) is 0. The van der Waals surface area contributed by atoms with Crippen LogP contribution in [-0.2, 0) is 19.1 Å². The van der Waals surface area contributed by atoms with Gasteiger partial charge in [0.15, 0.2) is 6.61 Å². The summed E-state index contributed by atoms with van der Waals surface area (Å²) in [6.07, 6.45) is 0. The van der Waals surface area contributed by atoms with Crippen molar-refractivity contribution in [2.75, 3.05) is 40.5 Å². The molecule has 134 valence electrons. The average molecular weight is 378 g/mol. The van der Waals surface area contributed by atoms with Crippen LogP contribution in [0.4, 0.5) is 0 Å². The zero-order chi connectivity index (χ0) is 18.1. The van der Waals surface area contributed by atoms with Crippen molar-refractivity contribution in [2.45, 2.75) is 6.92 Å². The molecule has 6 nitrogen and oxygen atoms in total. The molecule has 0 aliphatic carbocycles. The van der Waals surface area contributed by atoms with Gasteiger partial charge in [0.2, 0.25) is 0 Å². The monoisotopic (exact) mass is 377 g/mol. The first-order valence-corrected chi connectivity index (χ1v) is 8.07. The Morgan fingerprint density at radius 3 is 2.54 bits per heavy atom. The van der Waals surface area contributed by atoms with Gasteiger partial charge in [0, 0.05) is 25.2 Å². The van der Waals surface area contributed by atoms with Crippen molar-refractivity contribution in [1.29, 1.82) is 0 Å². The fourth-order valence-corrected chi connectivity index (χ4v) is 2.41. The molecule has 0 fully saturated rings. The zero-order valence-corrected chi connectivity index (χ0v) is 15.4. The third-order valence-corrected chi connectivity index (χ3v) is 3.79. The average Bonchev–Trinajstić information content (AvgIpc) is 2.56. The van der Waals surface area contributed by atoms with Crippen molar-refractivity contribution >= 4 is 35.1 Å². The van der Waals surface area contributed by atoms with Crippen LogP contribution in [0.3, 0.4) is 0 Å². The number of amides is 1. The van der Waals surface area contributed by atoms with E-state index < -0.39 is 5.92 Å². The third-order valence-electron chi connectivity index (χ3n) is 3.26. The maximum Gasteiger partial charge on any atom is 0.310 e. The fraction of sp³-hybridized carbons (Fsp3) is 0.500. The van der Waals surface area contributed by atoms with E-state index in [-0.39, 0.29) is 25.0 Å². The molecule has 0 spiro atoms. The van der Waals surface area contributed by atoms with Gasteiger partial charge in [-0.2, -0.15) is 0 Å². The predicted molar refractivity (Wildman–Crippen MR) is 91.6 cm³/mol. The number of ether oxygens (including phenoxy) is 3. The summed E-state index contributed by atoms with van der Waals surface area (Å²) in [4.78, 5) is 25.4. The zero-order valence-electron chi connectivity index (χ0n) is 13.9. The maximum absolute atomic E-state index is 12.4. The summed E-state index contributed by atoms with van der Waals surface area (Å²) < 4.78 is 15.1. The van der Waals surface area contributed by atoms with Gasteiger partial charge in [0.25, 0.3) is 5.91 Å². The lowest BCUT2D eigenvalue weighted by Crippen LogP contribution is -2.41. The molecule has 1 amide bonds. The molecule has 1 aromatic rings. The minimum atomic E-state index is -0.449. The van der Waals surface area contributed by atoms with E-state index in [1.807, 2.05) is 0 Å². The summed E-state index contributed by atoms with van der Waals surface area (Å²) in [6.45, 7) is 2.39. The molecule has 0 aliphatic rings. The second-order valence-electron chi connectivity index (χ2n) is 5.12. The molecule has 1 aromatic carbocycles. The number of benzene rings is 1. The molecule has 0 radical (unpaired) electrons. The molecule has 0 saturated heterocycles. The Labute approximate surface area is 151 Å². The van der Waals surface area contributed by atoms with E-state index in [2.05, 4.69) is 4.74 Å². The van der Waals surface area contributed by atoms with Crippen LogP contribution in [0.1, 0.15) is 6.92 Å². The van der Waals surface area contributed by atoms with Crippen LogP contribution in [-0.4, -0.2) is 57.3 Å². The normalized spacial score (nSPS) is 11.7. The first kappa shape index (κ1) is 20.5. The summed E-state index contributed by atoms with van der Waals surface area (Å²) in [5.74, 6) is -0.752. The summed E-state index contributed by atoms with van der Waals surface area (Å²) >= 11 is 11.8. The molecule has 1 rings (SSSR count). The number of esters is 1. The van der Waals surface area contributed by atoms with E-state index in [1.165, 1.54) is 25.2 Å². The molecule has 0 N–H and O–H groups in total. The number of hydrogen-bond acceptors (Lipinski definition) is 5. The Morgan fingerprint density at radius 2 is 1.96 bits per heavy atom. The number of nitrogens with zero attached hydrogens (tertiary/aromatic N) is 1. The molecule has 24 heavy (non-hydrogen) atoms. The van der Waals surface area contributed by atoms with Crippen molar-refractivity contribution < 1.29 is 23.8 Å². The molecular formula is C16H21Cl2NO5. The standard InChI is InChI=1S/C16H21Cl2NO5/c1-11(16(21)23-3)9-19(6-7-22-2)15(20)10-24-14-5-4-12(17)8-13(14)18/h4-5,8,11H,6-7,9-10H2,1-3H3. The highest BCUT2D eigenvalue weighted by atomic mass is 35.5. The lowest BCUT2D eigenvalue weighted by Gasteiger charge is -2.25. The number of hydrogen-bond donors (Lipinski definition) is 0. The van der Waals surface area contributed by atoms with Crippen LogP contribution >= 0.6 is 23.2 Å². The fourth-order valence-electron chi connectivity index (χ4n) is 1.95. The van der Waals surface area contributed by atoms with E-state index in [9.17, 15) is 9.59 Å². The van der Waals surface area contributed by atoms with Gasteiger partial charge in [-0.3, -0.25) is 9.59 Å². The number of methoxy groups -OCH3 is 2. The van der Waals surface area contributed by atoms with Crippen LogP contribution < -0.4 is 4.74 Å². The quantitative estimate of drug-likeness (QED) is 0.619. The van der Waals surface area contributed by atoms with Crippen LogP contribution in [0.5, 0.6) is 5.75 Å². The molecule has 0 saturated carbocycles. The number of rotatable bonds is 9. The van der Waals surface area contributed by atoms with Gasteiger partial charge < -0.3 is 19.1 Å². The molecule has 1 unspecified atom stereocenters. The van der Waals surface area contributed by atoms with Gasteiger partial charge in [-0.1, -0.05) is 30.1 Å². The van der Waals surface area contributed by atoms with Crippen molar-refractivity contribution in [1.82, 2.24) is 4.90 Å². The number of carbonyl (C=O) groups is 2. The Hall–Kier alpha value is -1.50. The minimum Gasteiger partial charge on any atom is -0.482 e. The SMILES string of the molecule is COCCN(CC(C)C(=O)OC)C(=O)COc1ccc(Cl)cc1Cl. The third kappa shape index (κ3) is 6.55.